The van der Waals surface area contributed by atoms with Crippen LogP contribution in [0.2, 0.25) is 0 Å². The van der Waals surface area contributed by atoms with Gasteiger partial charge in [0, 0.05) is 42.8 Å². The van der Waals surface area contributed by atoms with Crippen molar-refractivity contribution in [2.75, 3.05) is 18.0 Å². The van der Waals surface area contributed by atoms with Crippen molar-refractivity contribution in [3.8, 4) is 17.3 Å². The number of anilines is 1. The molecule has 0 saturated carbocycles. The molecule has 4 heterocycles. The van der Waals surface area contributed by atoms with Crippen molar-refractivity contribution in [2.45, 2.75) is 25.4 Å². The Morgan fingerprint density at radius 3 is 2.91 bits per heavy atom. The molecule has 1 aliphatic rings. The molecule has 8 heteroatoms. The number of aromatic nitrogens is 4. The van der Waals surface area contributed by atoms with Crippen LogP contribution in [0.25, 0.3) is 22.3 Å². The number of nitriles is 1. The topological polar surface area (TPSA) is 117 Å². The van der Waals surface area contributed by atoms with Gasteiger partial charge in [0.25, 0.3) is 5.56 Å². The van der Waals surface area contributed by atoms with Gasteiger partial charge in [0.2, 0.25) is 5.95 Å². The van der Waals surface area contributed by atoms with E-state index in [-0.39, 0.29) is 18.1 Å². The Labute approximate surface area is 185 Å². The van der Waals surface area contributed by atoms with Crippen LogP contribution in [0.1, 0.15) is 24.0 Å². The summed E-state index contributed by atoms with van der Waals surface area (Å²) in [5.74, 6) is 0.574. The molecule has 160 valence electrons. The minimum atomic E-state index is -0.150. The number of nitrogens with one attached hydrogen (secondary N) is 1. The maximum atomic E-state index is 13.7. The van der Waals surface area contributed by atoms with Crippen molar-refractivity contribution in [1.29, 1.82) is 5.26 Å². The number of pyridine rings is 1. The number of hydrogen-bond acceptors (Lipinski definition) is 6. The Kier molecular flexibility index (Phi) is 5.17. The van der Waals surface area contributed by atoms with Crippen molar-refractivity contribution < 1.29 is 0 Å². The molecule has 0 radical (unpaired) electrons. The quantitative estimate of drug-likeness (QED) is 0.519. The lowest BCUT2D eigenvalue weighted by Gasteiger charge is -2.33. The molecule has 4 aromatic rings. The third-order valence-corrected chi connectivity index (χ3v) is 5.91. The zero-order chi connectivity index (χ0) is 22.1. The fourth-order valence-corrected chi connectivity index (χ4v) is 4.28. The number of rotatable bonds is 4. The Hall–Kier alpha value is -3.96. The molecule has 1 atom stereocenters. The maximum absolute atomic E-state index is 13.7. The van der Waals surface area contributed by atoms with Crippen LogP contribution in [0.15, 0.2) is 59.7 Å². The van der Waals surface area contributed by atoms with Crippen LogP contribution in [0.5, 0.6) is 0 Å². The van der Waals surface area contributed by atoms with Gasteiger partial charge in [-0.25, -0.2) is 0 Å². The van der Waals surface area contributed by atoms with E-state index in [1.165, 1.54) is 0 Å². The fourth-order valence-electron chi connectivity index (χ4n) is 4.28. The van der Waals surface area contributed by atoms with E-state index in [4.69, 9.17) is 10.7 Å². The van der Waals surface area contributed by atoms with E-state index in [1.54, 1.807) is 23.0 Å². The van der Waals surface area contributed by atoms with Gasteiger partial charge in [-0.15, -0.1) is 0 Å². The molecule has 3 aromatic heterocycles. The van der Waals surface area contributed by atoms with Gasteiger partial charge < -0.3 is 15.6 Å². The number of nitrogens with zero attached hydrogens (tertiary/aromatic N) is 5. The first-order valence-electron chi connectivity index (χ1n) is 10.7. The summed E-state index contributed by atoms with van der Waals surface area (Å²) in [4.78, 5) is 28.1. The highest BCUT2D eigenvalue weighted by Crippen LogP contribution is 2.24. The van der Waals surface area contributed by atoms with Gasteiger partial charge in [0.1, 0.15) is 5.65 Å². The predicted octanol–water partition coefficient (Wildman–Crippen LogP) is 2.63. The number of fused-ring (bicyclic) bond motifs is 1. The summed E-state index contributed by atoms with van der Waals surface area (Å²) in [5.41, 5.74) is 9.61. The normalized spacial score (nSPS) is 16.2. The van der Waals surface area contributed by atoms with Gasteiger partial charge in [-0.3, -0.25) is 14.3 Å². The monoisotopic (exact) mass is 425 g/mol. The summed E-state index contributed by atoms with van der Waals surface area (Å²) >= 11 is 0. The van der Waals surface area contributed by atoms with Gasteiger partial charge in [-0.2, -0.15) is 10.2 Å². The molecule has 0 amide bonds. The number of aromatic amines is 1. The summed E-state index contributed by atoms with van der Waals surface area (Å²) in [6.07, 6.45) is 5.35. The standard InChI is InChI=1S/C24H23N7O/c25-12-16-5-1-2-6-18(16)14-31-23(32)20-11-21(17-7-3-9-27-13-17)28-22(20)29-24(31)30-10-4-8-19(26)15-30/h1-3,5-7,9,11,13,19,28H,4,8,10,14-15,26H2/t19-/m1/s1. The molecule has 32 heavy (non-hydrogen) atoms. The van der Waals surface area contributed by atoms with Crippen LogP contribution in [-0.4, -0.2) is 38.7 Å². The van der Waals surface area contributed by atoms with Gasteiger partial charge in [0.05, 0.1) is 23.6 Å². The first-order valence-corrected chi connectivity index (χ1v) is 10.7. The first-order chi connectivity index (χ1) is 15.6. The molecule has 5 rings (SSSR count). The Morgan fingerprint density at radius 1 is 1.25 bits per heavy atom. The van der Waals surface area contributed by atoms with Crippen molar-refractivity contribution in [3.05, 3.63) is 76.3 Å². The molecular formula is C24H23N7O. The SMILES string of the molecule is N#Cc1ccccc1Cn1c(N2CCC[C@@H](N)C2)nc2[nH]c(-c3cccnc3)cc2c1=O. The molecule has 1 aromatic carbocycles. The minimum Gasteiger partial charge on any atom is -0.341 e. The number of nitrogens with two attached hydrogens (primary N) is 1. The van der Waals surface area contributed by atoms with E-state index in [0.29, 0.717) is 29.1 Å². The molecule has 3 N–H and O–H groups in total. The smallest absolute Gasteiger partial charge is 0.264 e. The second-order valence-corrected chi connectivity index (χ2v) is 8.11. The Bertz CT molecular complexity index is 1370. The van der Waals surface area contributed by atoms with Crippen LogP contribution >= 0.6 is 0 Å². The third-order valence-electron chi connectivity index (χ3n) is 5.91. The lowest BCUT2D eigenvalue weighted by Crippen LogP contribution is -2.45. The highest BCUT2D eigenvalue weighted by atomic mass is 16.1. The van der Waals surface area contributed by atoms with E-state index < -0.39 is 0 Å². The molecule has 1 saturated heterocycles. The molecule has 0 unspecified atom stereocenters. The van der Waals surface area contributed by atoms with Crippen LogP contribution in [0.3, 0.4) is 0 Å². The second kappa shape index (κ2) is 8.29. The van der Waals surface area contributed by atoms with E-state index in [0.717, 1.165) is 36.2 Å². The van der Waals surface area contributed by atoms with E-state index in [2.05, 4.69) is 20.9 Å². The molecule has 8 nitrogen and oxygen atoms in total. The van der Waals surface area contributed by atoms with Gasteiger partial charge >= 0.3 is 0 Å². The largest absolute Gasteiger partial charge is 0.341 e. The third kappa shape index (κ3) is 3.63. The Morgan fingerprint density at radius 2 is 2.12 bits per heavy atom. The van der Waals surface area contributed by atoms with Gasteiger partial charge in [-0.05, 0) is 42.7 Å². The maximum Gasteiger partial charge on any atom is 0.264 e. The van der Waals surface area contributed by atoms with Crippen molar-refractivity contribution >= 4 is 17.0 Å². The summed E-state index contributed by atoms with van der Waals surface area (Å²) in [6, 6.07) is 15.2. The number of piperidine rings is 1. The van der Waals surface area contributed by atoms with Crippen molar-refractivity contribution in [1.82, 2.24) is 19.5 Å². The molecule has 1 aliphatic heterocycles. The summed E-state index contributed by atoms with van der Waals surface area (Å²) in [6.45, 7) is 1.68. The molecular weight excluding hydrogens is 402 g/mol. The van der Waals surface area contributed by atoms with Crippen LogP contribution in [0, 0.1) is 11.3 Å². The Balaban J connectivity index is 1.68. The van der Waals surface area contributed by atoms with Crippen LogP contribution < -0.4 is 16.2 Å². The first kappa shape index (κ1) is 20.0. The summed E-state index contributed by atoms with van der Waals surface area (Å²) in [7, 11) is 0. The number of benzene rings is 1. The molecule has 0 bridgehead atoms. The summed E-state index contributed by atoms with van der Waals surface area (Å²) in [5, 5.41) is 10.0. The van der Waals surface area contributed by atoms with Crippen molar-refractivity contribution in [2.24, 2.45) is 5.73 Å². The second-order valence-electron chi connectivity index (χ2n) is 8.11. The fraction of sp³-hybridized carbons (Fsp3) is 0.250. The van der Waals surface area contributed by atoms with Gasteiger partial charge in [-0.1, -0.05) is 18.2 Å². The molecule has 0 spiro atoms. The zero-order valence-electron chi connectivity index (χ0n) is 17.5. The molecule has 1 fully saturated rings. The van der Waals surface area contributed by atoms with E-state index >= 15 is 0 Å². The van der Waals surface area contributed by atoms with Crippen molar-refractivity contribution in [3.63, 3.8) is 0 Å². The predicted molar refractivity (Wildman–Crippen MR) is 123 cm³/mol. The number of hydrogen-bond donors (Lipinski definition) is 2. The lowest BCUT2D eigenvalue weighted by molar-refractivity contribution is 0.491. The number of H-pyrrole nitrogens is 1. The molecule has 0 aliphatic carbocycles. The zero-order valence-corrected chi connectivity index (χ0v) is 17.5. The summed E-state index contributed by atoms with van der Waals surface area (Å²) < 4.78 is 1.66. The van der Waals surface area contributed by atoms with Crippen LogP contribution in [0.4, 0.5) is 5.95 Å². The minimum absolute atomic E-state index is 0.0331. The average Bonchev–Trinajstić information content (AvgIpc) is 3.26. The lowest BCUT2D eigenvalue weighted by atomic mass is 10.1. The van der Waals surface area contributed by atoms with Crippen LogP contribution in [-0.2, 0) is 6.54 Å². The van der Waals surface area contributed by atoms with E-state index in [1.807, 2.05) is 36.4 Å². The average molecular weight is 425 g/mol. The highest BCUT2D eigenvalue weighted by molar-refractivity contribution is 5.83. The van der Waals surface area contributed by atoms with Gasteiger partial charge in [0.15, 0.2) is 0 Å². The van der Waals surface area contributed by atoms with E-state index in [9.17, 15) is 10.1 Å². The highest BCUT2D eigenvalue weighted by Gasteiger charge is 2.24.